The van der Waals surface area contributed by atoms with Gasteiger partial charge in [0.1, 0.15) is 11.5 Å². The van der Waals surface area contributed by atoms with E-state index in [1.807, 2.05) is 4.90 Å². The lowest BCUT2D eigenvalue weighted by molar-refractivity contribution is 0.0767. The predicted molar refractivity (Wildman–Crippen MR) is 103 cm³/mol. The minimum Gasteiger partial charge on any atom is -0.335 e. The first-order valence-corrected chi connectivity index (χ1v) is 9.14. The number of benzene rings is 1. The maximum atomic E-state index is 12.8. The molecule has 2 N–H and O–H groups in total. The van der Waals surface area contributed by atoms with Crippen LogP contribution in [0.4, 0.5) is 0 Å². The summed E-state index contributed by atoms with van der Waals surface area (Å²) in [5, 5.41) is 5.29. The summed E-state index contributed by atoms with van der Waals surface area (Å²) in [5.74, 6) is 1.47. The number of fused-ring (bicyclic) bond motifs is 1. The predicted octanol–water partition coefficient (Wildman–Crippen LogP) is 3.11. The minimum absolute atomic E-state index is 0. The van der Waals surface area contributed by atoms with Crippen molar-refractivity contribution in [3.8, 4) is 5.69 Å². The van der Waals surface area contributed by atoms with E-state index in [9.17, 15) is 4.79 Å². The average molecular weight is 417 g/mol. The van der Waals surface area contributed by atoms with Crippen molar-refractivity contribution in [3.05, 3.63) is 39.9 Å². The van der Waals surface area contributed by atoms with Gasteiger partial charge in [-0.3, -0.25) is 4.79 Å². The molecule has 2 aliphatic rings. The van der Waals surface area contributed by atoms with E-state index < -0.39 is 0 Å². The van der Waals surface area contributed by atoms with Gasteiger partial charge in [-0.15, -0.1) is 17.5 Å². The molecule has 1 saturated carbocycles. The quantitative estimate of drug-likeness (QED) is 0.816. The first-order chi connectivity index (χ1) is 12.0. The lowest BCUT2D eigenvalue weighted by Crippen LogP contribution is -2.34. The number of hydrogen-bond acceptors (Lipinski definition) is 4. The van der Waals surface area contributed by atoms with Gasteiger partial charge in [0, 0.05) is 19.1 Å². The number of aromatic nitrogens is 3. The van der Waals surface area contributed by atoms with Gasteiger partial charge in [-0.2, -0.15) is 0 Å². The van der Waals surface area contributed by atoms with E-state index in [0.717, 1.165) is 19.4 Å². The van der Waals surface area contributed by atoms with Crippen molar-refractivity contribution in [1.82, 2.24) is 19.7 Å². The third-order valence-electron chi connectivity index (χ3n) is 5.31. The zero-order valence-electron chi connectivity index (χ0n) is 14.2. The fourth-order valence-electron chi connectivity index (χ4n) is 4.00. The van der Waals surface area contributed by atoms with E-state index in [-0.39, 0.29) is 30.2 Å². The van der Waals surface area contributed by atoms with Crippen molar-refractivity contribution < 1.29 is 4.79 Å². The van der Waals surface area contributed by atoms with Crippen LogP contribution in [0.2, 0.25) is 10.0 Å². The van der Waals surface area contributed by atoms with Gasteiger partial charge in [0.15, 0.2) is 0 Å². The molecule has 0 spiro atoms. The number of aryl methyl sites for hydroxylation is 1. The Bertz CT molecular complexity index is 820. The van der Waals surface area contributed by atoms with Crippen molar-refractivity contribution in [3.63, 3.8) is 0 Å². The molecular formula is C17H20Cl3N5O. The van der Waals surface area contributed by atoms with Crippen LogP contribution in [0.15, 0.2) is 18.2 Å². The highest BCUT2D eigenvalue weighted by Crippen LogP contribution is 2.37. The highest BCUT2D eigenvalue weighted by atomic mass is 35.5. The summed E-state index contributed by atoms with van der Waals surface area (Å²) in [6, 6.07) is 5.42. The van der Waals surface area contributed by atoms with E-state index >= 15 is 0 Å². The number of carbonyl (C=O) groups excluding carboxylic acids is 1. The molecule has 1 aromatic carbocycles. The van der Waals surface area contributed by atoms with Gasteiger partial charge < -0.3 is 10.6 Å². The Labute approximate surface area is 168 Å². The summed E-state index contributed by atoms with van der Waals surface area (Å²) in [7, 11) is 0. The van der Waals surface area contributed by atoms with Crippen LogP contribution < -0.4 is 5.73 Å². The van der Waals surface area contributed by atoms with Gasteiger partial charge in [-0.05, 0) is 43.7 Å². The topological polar surface area (TPSA) is 77.0 Å². The lowest BCUT2D eigenvalue weighted by Gasteiger charge is -2.17. The maximum Gasteiger partial charge on any atom is 0.293 e. The smallest absolute Gasteiger partial charge is 0.293 e. The van der Waals surface area contributed by atoms with Crippen LogP contribution >= 0.6 is 35.6 Å². The molecule has 4 rings (SSSR count). The van der Waals surface area contributed by atoms with Gasteiger partial charge in [-0.25, -0.2) is 9.67 Å². The molecule has 0 bridgehead atoms. The van der Waals surface area contributed by atoms with Gasteiger partial charge in [0.25, 0.3) is 5.91 Å². The summed E-state index contributed by atoms with van der Waals surface area (Å²) in [6.45, 7) is 3.20. The molecule has 9 heteroatoms. The van der Waals surface area contributed by atoms with E-state index in [0.29, 0.717) is 39.9 Å². The Morgan fingerprint density at radius 2 is 1.92 bits per heavy atom. The van der Waals surface area contributed by atoms with E-state index in [1.54, 1.807) is 25.1 Å². The number of amides is 1. The highest BCUT2D eigenvalue weighted by Gasteiger charge is 2.43. The third kappa shape index (κ3) is 3.20. The Morgan fingerprint density at radius 3 is 2.58 bits per heavy atom. The van der Waals surface area contributed by atoms with Crippen molar-refractivity contribution in [2.24, 2.45) is 17.6 Å². The fourth-order valence-corrected chi connectivity index (χ4v) is 4.56. The van der Waals surface area contributed by atoms with Crippen molar-refractivity contribution in [2.75, 3.05) is 13.1 Å². The maximum absolute atomic E-state index is 12.8. The molecule has 6 nitrogen and oxygen atoms in total. The lowest BCUT2D eigenvalue weighted by atomic mass is 9.98. The summed E-state index contributed by atoms with van der Waals surface area (Å²) >= 11 is 12.5. The van der Waals surface area contributed by atoms with E-state index in [2.05, 4.69) is 10.1 Å². The van der Waals surface area contributed by atoms with Gasteiger partial charge in [0.2, 0.25) is 5.82 Å². The summed E-state index contributed by atoms with van der Waals surface area (Å²) in [4.78, 5) is 19.0. The number of rotatable bonds is 2. The first-order valence-electron chi connectivity index (χ1n) is 8.38. The molecule has 0 radical (unpaired) electrons. The van der Waals surface area contributed by atoms with Gasteiger partial charge in [0.05, 0.1) is 10.0 Å². The Kier molecular flexibility index (Phi) is 5.49. The van der Waals surface area contributed by atoms with E-state index in [1.165, 1.54) is 4.68 Å². The minimum atomic E-state index is -0.161. The largest absolute Gasteiger partial charge is 0.335 e. The summed E-state index contributed by atoms with van der Waals surface area (Å²) in [6.07, 6.45) is 2.14. The van der Waals surface area contributed by atoms with Crippen LogP contribution in [0.5, 0.6) is 0 Å². The van der Waals surface area contributed by atoms with Crippen LogP contribution in [0, 0.1) is 18.8 Å². The normalized spacial score (nSPS) is 24.5. The van der Waals surface area contributed by atoms with Crippen LogP contribution in [0.1, 0.15) is 29.3 Å². The Morgan fingerprint density at radius 1 is 1.23 bits per heavy atom. The SMILES string of the molecule is Cc1nc(C(=O)N2CC3CCC(N)C3C2)nn1-c1c(Cl)cccc1Cl.Cl. The second-order valence-corrected chi connectivity index (χ2v) is 7.65. The number of para-hydroxylation sites is 1. The Hall–Kier alpha value is -1.34. The summed E-state index contributed by atoms with van der Waals surface area (Å²) < 4.78 is 1.53. The zero-order valence-corrected chi connectivity index (χ0v) is 16.6. The molecule has 2 heterocycles. The monoisotopic (exact) mass is 415 g/mol. The fraction of sp³-hybridized carbons (Fsp3) is 0.471. The molecule has 1 aliphatic heterocycles. The van der Waals surface area contributed by atoms with Crippen molar-refractivity contribution in [1.29, 1.82) is 0 Å². The number of nitrogens with two attached hydrogens (primary N) is 1. The number of halogens is 3. The second-order valence-electron chi connectivity index (χ2n) is 6.84. The molecule has 1 amide bonds. The van der Waals surface area contributed by atoms with Crippen LogP contribution in [0.25, 0.3) is 5.69 Å². The second kappa shape index (κ2) is 7.35. The number of nitrogens with zero attached hydrogens (tertiary/aromatic N) is 4. The number of likely N-dealkylation sites (tertiary alicyclic amines) is 1. The molecule has 3 atom stereocenters. The van der Waals surface area contributed by atoms with Gasteiger partial charge in [-0.1, -0.05) is 29.3 Å². The zero-order chi connectivity index (χ0) is 17.7. The molecule has 1 aromatic heterocycles. The molecule has 26 heavy (non-hydrogen) atoms. The average Bonchev–Trinajstić information content (AvgIpc) is 3.24. The molecule has 1 saturated heterocycles. The molecule has 3 unspecified atom stereocenters. The third-order valence-corrected chi connectivity index (χ3v) is 5.92. The molecule has 2 aromatic rings. The number of carbonyl (C=O) groups is 1. The Balaban J connectivity index is 0.00000196. The summed E-state index contributed by atoms with van der Waals surface area (Å²) in [5.41, 5.74) is 6.69. The highest BCUT2D eigenvalue weighted by molar-refractivity contribution is 6.37. The number of hydrogen-bond donors (Lipinski definition) is 1. The standard InChI is InChI=1S/C17H19Cl2N5O.ClH/c1-9-21-16(22-24(9)15-12(18)3-2-4-13(15)19)17(25)23-7-10-5-6-14(20)11(10)8-23;/h2-4,10-11,14H,5-8,20H2,1H3;1H. The van der Waals surface area contributed by atoms with Crippen molar-refractivity contribution >= 4 is 41.5 Å². The molecule has 140 valence electrons. The van der Waals surface area contributed by atoms with Crippen molar-refractivity contribution in [2.45, 2.75) is 25.8 Å². The van der Waals surface area contributed by atoms with Crippen LogP contribution in [-0.4, -0.2) is 44.7 Å². The molecule has 1 aliphatic carbocycles. The van der Waals surface area contributed by atoms with Crippen LogP contribution in [0.3, 0.4) is 0 Å². The van der Waals surface area contributed by atoms with Gasteiger partial charge >= 0.3 is 0 Å². The van der Waals surface area contributed by atoms with E-state index in [4.69, 9.17) is 28.9 Å². The van der Waals surface area contributed by atoms with Crippen LogP contribution in [-0.2, 0) is 0 Å². The first kappa shape index (κ1) is 19.4. The molecule has 2 fully saturated rings. The molecular weight excluding hydrogens is 397 g/mol.